The van der Waals surface area contributed by atoms with E-state index in [1.807, 2.05) is 48.0 Å². The molecular weight excluding hydrogens is 354 g/mol. The van der Waals surface area contributed by atoms with E-state index in [0.29, 0.717) is 43.3 Å². The van der Waals surface area contributed by atoms with Crippen molar-refractivity contribution < 1.29 is 9.90 Å². The first-order valence-corrected chi connectivity index (χ1v) is 9.40. The molecule has 2 aromatic heterocycles. The van der Waals surface area contributed by atoms with Crippen molar-refractivity contribution in [2.75, 3.05) is 6.54 Å². The van der Waals surface area contributed by atoms with Crippen molar-refractivity contribution in [2.24, 2.45) is 0 Å². The number of carbonyl (C=O) groups excluding carboxylic acids is 1. The molecule has 1 aliphatic rings. The Morgan fingerprint density at radius 3 is 2.68 bits per heavy atom. The molecule has 0 bridgehead atoms. The van der Waals surface area contributed by atoms with Gasteiger partial charge < -0.3 is 10.0 Å². The third-order valence-electron chi connectivity index (χ3n) is 4.90. The molecule has 0 spiro atoms. The van der Waals surface area contributed by atoms with Crippen LogP contribution in [0.1, 0.15) is 45.1 Å². The summed E-state index contributed by atoms with van der Waals surface area (Å²) >= 11 is 0. The number of hydrogen-bond donors (Lipinski definition) is 1. The van der Waals surface area contributed by atoms with E-state index in [1.54, 1.807) is 17.9 Å². The third kappa shape index (κ3) is 3.80. The topological polar surface area (TPSA) is 84.1 Å². The fraction of sp³-hybridized carbons (Fsp3) is 0.333. The van der Waals surface area contributed by atoms with Crippen LogP contribution in [0.15, 0.2) is 42.5 Å². The van der Waals surface area contributed by atoms with Crippen LogP contribution in [0.5, 0.6) is 0 Å². The van der Waals surface area contributed by atoms with Gasteiger partial charge in [0.15, 0.2) is 0 Å². The average Bonchev–Trinajstić information content (AvgIpc) is 3.11. The summed E-state index contributed by atoms with van der Waals surface area (Å²) in [5.41, 5.74) is 3.82. The van der Waals surface area contributed by atoms with Crippen LogP contribution in [0.2, 0.25) is 0 Å². The Balaban J connectivity index is 1.49. The van der Waals surface area contributed by atoms with Gasteiger partial charge in [0.1, 0.15) is 17.6 Å². The average molecular weight is 377 g/mol. The van der Waals surface area contributed by atoms with Crippen LogP contribution in [0.25, 0.3) is 0 Å². The van der Waals surface area contributed by atoms with Crippen LogP contribution in [0, 0.1) is 13.8 Å². The van der Waals surface area contributed by atoms with E-state index in [0.717, 1.165) is 17.0 Å². The van der Waals surface area contributed by atoms with Crippen molar-refractivity contribution in [1.82, 2.24) is 24.6 Å². The van der Waals surface area contributed by atoms with Gasteiger partial charge in [0, 0.05) is 18.7 Å². The lowest BCUT2D eigenvalue weighted by Gasteiger charge is -2.27. The maximum atomic E-state index is 12.9. The smallest absolute Gasteiger partial charge is 0.273 e. The highest BCUT2D eigenvalue weighted by molar-refractivity contribution is 5.92. The summed E-state index contributed by atoms with van der Waals surface area (Å²) in [7, 11) is 0. The maximum absolute atomic E-state index is 12.9. The Labute approximate surface area is 163 Å². The summed E-state index contributed by atoms with van der Waals surface area (Å²) in [6.45, 7) is 5.25. The fourth-order valence-corrected chi connectivity index (χ4v) is 3.56. The Morgan fingerprint density at radius 2 is 1.93 bits per heavy atom. The number of amides is 1. The van der Waals surface area contributed by atoms with E-state index in [4.69, 9.17) is 0 Å². The molecule has 1 aromatic carbocycles. The Bertz CT molecular complexity index is 979. The largest absolute Gasteiger partial charge is 0.386 e. The molecule has 28 heavy (non-hydrogen) atoms. The molecule has 1 atom stereocenters. The molecule has 3 aromatic rings. The predicted octanol–water partition coefficient (Wildman–Crippen LogP) is 2.22. The first-order valence-electron chi connectivity index (χ1n) is 9.40. The molecule has 0 radical (unpaired) electrons. The van der Waals surface area contributed by atoms with Crippen LogP contribution in [0.4, 0.5) is 0 Å². The lowest BCUT2D eigenvalue weighted by Crippen LogP contribution is -2.38. The van der Waals surface area contributed by atoms with Gasteiger partial charge in [-0.05, 0) is 31.5 Å². The standard InChI is InChI=1S/C21H23N5O2/c1-14-10-19(23-15(2)22-14)21(28)25-8-9-26-17(13-25)12-18(24-26)20(27)11-16-6-4-3-5-7-16/h3-7,10,12,20,27H,8-9,11,13H2,1-2H3. The lowest BCUT2D eigenvalue weighted by molar-refractivity contribution is 0.0699. The van der Waals surface area contributed by atoms with Gasteiger partial charge in [0.2, 0.25) is 0 Å². The molecule has 1 N–H and O–H groups in total. The number of rotatable bonds is 4. The van der Waals surface area contributed by atoms with E-state index >= 15 is 0 Å². The van der Waals surface area contributed by atoms with Crippen LogP contribution in [-0.2, 0) is 19.5 Å². The number of carbonyl (C=O) groups is 1. The van der Waals surface area contributed by atoms with Gasteiger partial charge in [-0.1, -0.05) is 30.3 Å². The highest BCUT2D eigenvalue weighted by Crippen LogP contribution is 2.22. The summed E-state index contributed by atoms with van der Waals surface area (Å²) in [5, 5.41) is 15.1. The monoisotopic (exact) mass is 377 g/mol. The molecule has 7 heteroatoms. The van der Waals surface area contributed by atoms with Crippen molar-refractivity contribution in [1.29, 1.82) is 0 Å². The van der Waals surface area contributed by atoms with Crippen molar-refractivity contribution in [3.8, 4) is 0 Å². The third-order valence-corrected chi connectivity index (χ3v) is 4.90. The lowest BCUT2D eigenvalue weighted by atomic mass is 10.1. The number of aromatic nitrogens is 4. The van der Waals surface area contributed by atoms with Gasteiger partial charge >= 0.3 is 0 Å². The van der Waals surface area contributed by atoms with Crippen molar-refractivity contribution in [3.05, 3.63) is 76.6 Å². The zero-order valence-electron chi connectivity index (χ0n) is 16.0. The minimum Gasteiger partial charge on any atom is -0.386 e. The summed E-state index contributed by atoms with van der Waals surface area (Å²) in [6.07, 6.45) is -0.156. The van der Waals surface area contributed by atoms with E-state index in [-0.39, 0.29) is 5.91 Å². The van der Waals surface area contributed by atoms with Crippen LogP contribution in [0.3, 0.4) is 0 Å². The van der Waals surface area contributed by atoms with E-state index in [9.17, 15) is 9.90 Å². The number of benzene rings is 1. The molecule has 144 valence electrons. The molecule has 0 saturated heterocycles. The summed E-state index contributed by atoms with van der Waals surface area (Å²) in [5.74, 6) is 0.490. The molecule has 0 fully saturated rings. The zero-order valence-corrected chi connectivity index (χ0v) is 16.0. The second-order valence-corrected chi connectivity index (χ2v) is 7.16. The number of nitrogens with zero attached hydrogens (tertiary/aromatic N) is 5. The Kier molecular flexibility index (Phi) is 4.92. The zero-order chi connectivity index (χ0) is 19.7. The normalized spacial score (nSPS) is 14.6. The van der Waals surface area contributed by atoms with Gasteiger partial charge in [-0.2, -0.15) is 5.10 Å². The number of hydrogen-bond acceptors (Lipinski definition) is 5. The highest BCUT2D eigenvalue weighted by Gasteiger charge is 2.25. The van der Waals surface area contributed by atoms with Crippen molar-refractivity contribution >= 4 is 5.91 Å². The van der Waals surface area contributed by atoms with Gasteiger partial charge in [0.05, 0.1) is 24.5 Å². The second kappa shape index (κ2) is 7.52. The highest BCUT2D eigenvalue weighted by atomic mass is 16.3. The van der Waals surface area contributed by atoms with E-state index in [2.05, 4.69) is 15.1 Å². The first-order chi connectivity index (χ1) is 13.5. The molecule has 0 aliphatic carbocycles. The number of aliphatic hydroxyl groups is 1. The summed E-state index contributed by atoms with van der Waals surface area (Å²) in [4.78, 5) is 23.1. The quantitative estimate of drug-likeness (QED) is 0.754. The van der Waals surface area contributed by atoms with Gasteiger partial charge in [-0.25, -0.2) is 9.97 Å². The molecule has 4 rings (SSSR count). The Hall–Kier alpha value is -3.06. The maximum Gasteiger partial charge on any atom is 0.273 e. The number of aryl methyl sites for hydroxylation is 2. The number of fused-ring (bicyclic) bond motifs is 1. The molecule has 0 saturated carbocycles. The Morgan fingerprint density at radius 1 is 1.14 bits per heavy atom. The van der Waals surface area contributed by atoms with Gasteiger partial charge in [0.25, 0.3) is 5.91 Å². The first kappa shape index (κ1) is 18.3. The summed E-state index contributed by atoms with van der Waals surface area (Å²) in [6, 6.07) is 13.5. The molecule has 1 aliphatic heterocycles. The van der Waals surface area contributed by atoms with Crippen molar-refractivity contribution in [2.45, 2.75) is 39.5 Å². The molecule has 7 nitrogen and oxygen atoms in total. The minimum absolute atomic E-state index is 0.104. The molecule has 1 unspecified atom stereocenters. The van der Waals surface area contributed by atoms with Crippen LogP contribution in [-0.4, -0.2) is 42.2 Å². The van der Waals surface area contributed by atoms with Gasteiger partial charge in [-0.15, -0.1) is 0 Å². The fourth-order valence-electron chi connectivity index (χ4n) is 3.56. The molecular formula is C21H23N5O2. The summed E-state index contributed by atoms with van der Waals surface area (Å²) < 4.78 is 1.88. The van der Waals surface area contributed by atoms with E-state index < -0.39 is 6.10 Å². The predicted molar refractivity (Wildman–Crippen MR) is 104 cm³/mol. The SMILES string of the molecule is Cc1cc(C(=O)N2CCn3nc(C(O)Cc4ccccc4)cc3C2)nc(C)n1. The number of aliphatic hydroxyl groups excluding tert-OH is 1. The van der Waals surface area contributed by atoms with E-state index in [1.165, 1.54) is 0 Å². The van der Waals surface area contributed by atoms with Crippen LogP contribution >= 0.6 is 0 Å². The molecule has 3 heterocycles. The van der Waals surface area contributed by atoms with Gasteiger partial charge in [-0.3, -0.25) is 9.48 Å². The van der Waals surface area contributed by atoms with Crippen molar-refractivity contribution in [3.63, 3.8) is 0 Å². The van der Waals surface area contributed by atoms with Crippen LogP contribution < -0.4 is 0 Å². The minimum atomic E-state index is -0.670. The second-order valence-electron chi connectivity index (χ2n) is 7.16. The molecule has 1 amide bonds.